The Morgan fingerprint density at radius 3 is 1.92 bits per heavy atom. The zero-order chi connectivity index (χ0) is 18.6. The molecule has 1 amide bonds. The monoisotopic (exact) mass is 347 g/mol. The minimum atomic E-state index is -0.00616. The Hall–Kier alpha value is -1.61. The number of aliphatic hydroxyl groups excluding tert-OH is 1. The first-order chi connectivity index (χ1) is 12.2. The van der Waals surface area contributed by atoms with Gasteiger partial charge in [0.25, 0.3) is 0 Å². The standard InChI is InChI=1S/C22H37NO2/c1-21(2)17-15-13-11-9-7-5-3-4-6-8-10-12-14-16-18-22(25)23-19-20-24/h3,5-6,8-9,11-12,14,21,24H,4,7,10,13,15-20H2,1-2H3,(H,23,25). The highest BCUT2D eigenvalue weighted by molar-refractivity contribution is 5.75. The topological polar surface area (TPSA) is 49.3 Å². The Morgan fingerprint density at radius 1 is 0.880 bits per heavy atom. The number of hydrogen-bond acceptors (Lipinski definition) is 2. The van der Waals surface area contributed by atoms with Crippen LogP contribution in [0.3, 0.4) is 0 Å². The number of hydrogen-bond donors (Lipinski definition) is 2. The summed E-state index contributed by atoms with van der Waals surface area (Å²) in [5, 5.41) is 11.2. The van der Waals surface area contributed by atoms with Crippen LogP contribution in [0.1, 0.15) is 65.2 Å². The first-order valence-electron chi connectivity index (χ1n) is 9.64. The number of amides is 1. The van der Waals surface area contributed by atoms with Crippen molar-refractivity contribution in [3.8, 4) is 0 Å². The van der Waals surface area contributed by atoms with Crippen LogP contribution in [0.5, 0.6) is 0 Å². The van der Waals surface area contributed by atoms with Crippen molar-refractivity contribution in [3.63, 3.8) is 0 Å². The van der Waals surface area contributed by atoms with Crippen molar-refractivity contribution in [3.05, 3.63) is 48.6 Å². The minimum absolute atomic E-state index is 0.00456. The van der Waals surface area contributed by atoms with Gasteiger partial charge in [-0.1, -0.05) is 68.9 Å². The average Bonchev–Trinajstić information content (AvgIpc) is 2.59. The molecular weight excluding hydrogens is 310 g/mol. The summed E-state index contributed by atoms with van der Waals surface area (Å²) in [6.45, 7) is 4.88. The van der Waals surface area contributed by atoms with E-state index in [2.05, 4.69) is 61.7 Å². The summed E-state index contributed by atoms with van der Waals surface area (Å²) in [7, 11) is 0. The van der Waals surface area contributed by atoms with Crippen molar-refractivity contribution < 1.29 is 9.90 Å². The third-order valence-electron chi connectivity index (χ3n) is 3.61. The second-order valence-corrected chi connectivity index (χ2v) is 6.53. The maximum atomic E-state index is 11.3. The molecular formula is C22H37NO2. The molecule has 0 fully saturated rings. The lowest BCUT2D eigenvalue weighted by molar-refractivity contribution is -0.121. The number of carbonyl (C=O) groups excluding carboxylic acids is 1. The van der Waals surface area contributed by atoms with Crippen LogP contribution in [0.2, 0.25) is 0 Å². The van der Waals surface area contributed by atoms with Gasteiger partial charge in [0, 0.05) is 13.0 Å². The lowest BCUT2D eigenvalue weighted by Gasteiger charge is -2.00. The second kappa shape index (κ2) is 18.7. The van der Waals surface area contributed by atoms with Crippen molar-refractivity contribution in [2.24, 2.45) is 5.92 Å². The molecule has 0 spiro atoms. The highest BCUT2D eigenvalue weighted by atomic mass is 16.3. The average molecular weight is 348 g/mol. The zero-order valence-electron chi connectivity index (χ0n) is 16.1. The van der Waals surface area contributed by atoms with Crippen molar-refractivity contribution in [2.75, 3.05) is 13.2 Å². The Bertz CT molecular complexity index is 420. The van der Waals surface area contributed by atoms with E-state index in [4.69, 9.17) is 5.11 Å². The van der Waals surface area contributed by atoms with Gasteiger partial charge in [0.1, 0.15) is 0 Å². The molecule has 0 aromatic rings. The third kappa shape index (κ3) is 20.3. The van der Waals surface area contributed by atoms with E-state index in [-0.39, 0.29) is 12.5 Å². The van der Waals surface area contributed by atoms with Crippen molar-refractivity contribution >= 4 is 5.91 Å². The van der Waals surface area contributed by atoms with Gasteiger partial charge in [0.05, 0.1) is 6.61 Å². The van der Waals surface area contributed by atoms with Crippen molar-refractivity contribution in [1.29, 1.82) is 0 Å². The van der Waals surface area contributed by atoms with E-state index >= 15 is 0 Å². The number of allylic oxidation sites excluding steroid dienone is 8. The number of unbranched alkanes of at least 4 members (excludes halogenated alkanes) is 1. The summed E-state index contributed by atoms with van der Waals surface area (Å²) in [6.07, 6.45) is 25.3. The van der Waals surface area contributed by atoms with Crippen molar-refractivity contribution in [1.82, 2.24) is 5.32 Å². The molecule has 0 unspecified atom stereocenters. The van der Waals surface area contributed by atoms with Gasteiger partial charge in [-0.2, -0.15) is 0 Å². The van der Waals surface area contributed by atoms with Gasteiger partial charge in [0.2, 0.25) is 5.91 Å². The number of carbonyl (C=O) groups is 1. The van der Waals surface area contributed by atoms with Crippen LogP contribution in [0.25, 0.3) is 0 Å². The summed E-state index contributed by atoms with van der Waals surface area (Å²) in [4.78, 5) is 11.3. The lowest BCUT2D eigenvalue weighted by atomic mass is 10.1. The van der Waals surface area contributed by atoms with E-state index in [1.165, 1.54) is 19.3 Å². The van der Waals surface area contributed by atoms with Crippen LogP contribution in [-0.4, -0.2) is 24.2 Å². The zero-order valence-corrected chi connectivity index (χ0v) is 16.1. The van der Waals surface area contributed by atoms with Gasteiger partial charge >= 0.3 is 0 Å². The second-order valence-electron chi connectivity index (χ2n) is 6.53. The van der Waals surface area contributed by atoms with E-state index in [1.807, 2.05) is 6.08 Å². The molecule has 3 nitrogen and oxygen atoms in total. The van der Waals surface area contributed by atoms with Gasteiger partial charge < -0.3 is 10.4 Å². The van der Waals surface area contributed by atoms with Crippen LogP contribution in [0, 0.1) is 5.92 Å². The molecule has 25 heavy (non-hydrogen) atoms. The molecule has 0 radical (unpaired) electrons. The third-order valence-corrected chi connectivity index (χ3v) is 3.61. The first kappa shape index (κ1) is 23.4. The number of aliphatic hydroxyl groups is 1. The molecule has 3 heteroatoms. The molecule has 0 rings (SSSR count). The van der Waals surface area contributed by atoms with Crippen LogP contribution in [0.4, 0.5) is 0 Å². The van der Waals surface area contributed by atoms with Gasteiger partial charge in [-0.3, -0.25) is 4.79 Å². The van der Waals surface area contributed by atoms with Crippen LogP contribution >= 0.6 is 0 Å². The number of nitrogens with one attached hydrogen (secondary N) is 1. The van der Waals surface area contributed by atoms with E-state index in [0.29, 0.717) is 13.0 Å². The molecule has 0 aliphatic carbocycles. The Labute approximate surface area is 154 Å². The SMILES string of the molecule is CC(C)CCCC=CCC=CCC=CCC=CCCC(=O)NCCO. The van der Waals surface area contributed by atoms with Crippen LogP contribution in [-0.2, 0) is 4.79 Å². The summed E-state index contributed by atoms with van der Waals surface area (Å²) < 4.78 is 0. The van der Waals surface area contributed by atoms with Gasteiger partial charge in [-0.15, -0.1) is 0 Å². The molecule has 0 aliphatic rings. The van der Waals surface area contributed by atoms with Gasteiger partial charge in [-0.05, 0) is 44.4 Å². The molecule has 0 aromatic heterocycles. The fourth-order valence-electron chi connectivity index (χ4n) is 2.19. The largest absolute Gasteiger partial charge is 0.395 e. The highest BCUT2D eigenvalue weighted by Crippen LogP contribution is 2.06. The maximum Gasteiger partial charge on any atom is 0.220 e. The summed E-state index contributed by atoms with van der Waals surface area (Å²) in [6, 6.07) is 0. The molecule has 2 N–H and O–H groups in total. The summed E-state index contributed by atoms with van der Waals surface area (Å²) >= 11 is 0. The highest BCUT2D eigenvalue weighted by Gasteiger charge is 1.96. The first-order valence-corrected chi connectivity index (χ1v) is 9.64. The van der Waals surface area contributed by atoms with E-state index in [9.17, 15) is 4.79 Å². The maximum absolute atomic E-state index is 11.3. The molecule has 0 saturated heterocycles. The van der Waals surface area contributed by atoms with Crippen LogP contribution in [0.15, 0.2) is 48.6 Å². The Kier molecular flexibility index (Phi) is 17.5. The van der Waals surface area contributed by atoms with E-state index in [0.717, 1.165) is 31.6 Å². The summed E-state index contributed by atoms with van der Waals surface area (Å²) in [5.41, 5.74) is 0. The molecule has 0 bridgehead atoms. The molecule has 0 aliphatic heterocycles. The molecule has 0 heterocycles. The predicted octanol–water partition coefficient (Wildman–Crippen LogP) is 5.10. The molecule has 0 saturated carbocycles. The fraction of sp³-hybridized carbons (Fsp3) is 0.591. The summed E-state index contributed by atoms with van der Waals surface area (Å²) in [5.74, 6) is 0.805. The lowest BCUT2D eigenvalue weighted by Crippen LogP contribution is -2.25. The fourth-order valence-corrected chi connectivity index (χ4v) is 2.19. The molecule has 0 aromatic carbocycles. The molecule has 0 atom stereocenters. The quantitative estimate of drug-likeness (QED) is 0.320. The predicted molar refractivity (Wildman–Crippen MR) is 108 cm³/mol. The minimum Gasteiger partial charge on any atom is -0.395 e. The van der Waals surface area contributed by atoms with Crippen molar-refractivity contribution in [2.45, 2.75) is 65.2 Å². The van der Waals surface area contributed by atoms with Crippen LogP contribution < -0.4 is 5.32 Å². The van der Waals surface area contributed by atoms with Gasteiger partial charge in [-0.25, -0.2) is 0 Å². The Balaban J connectivity index is 3.48. The smallest absolute Gasteiger partial charge is 0.220 e. The Morgan fingerprint density at radius 2 is 1.40 bits per heavy atom. The number of rotatable bonds is 15. The van der Waals surface area contributed by atoms with Gasteiger partial charge in [0.15, 0.2) is 0 Å². The normalized spacial score (nSPS) is 12.5. The van der Waals surface area contributed by atoms with E-state index in [1.54, 1.807) is 0 Å². The molecule has 142 valence electrons. The van der Waals surface area contributed by atoms with E-state index < -0.39 is 0 Å².